The van der Waals surface area contributed by atoms with Gasteiger partial charge in [0.15, 0.2) is 0 Å². The van der Waals surface area contributed by atoms with E-state index in [1.807, 2.05) is 36.4 Å². The van der Waals surface area contributed by atoms with Gasteiger partial charge in [-0.1, -0.05) is 36.4 Å². The van der Waals surface area contributed by atoms with Crippen molar-refractivity contribution in [2.75, 3.05) is 0 Å². The Morgan fingerprint density at radius 1 is 0.842 bits per heavy atom. The van der Waals surface area contributed by atoms with Crippen LogP contribution in [0.2, 0.25) is 0 Å². The first kappa shape index (κ1) is 16.1. The molecule has 2 aromatic carbocycles. The topological polar surface area (TPSA) is 0 Å². The fourth-order valence-corrected chi connectivity index (χ4v) is 2.07. The maximum absolute atomic E-state index is 2.33. The van der Waals surface area contributed by atoms with Gasteiger partial charge < -0.3 is 0 Å². The van der Waals surface area contributed by atoms with Crippen molar-refractivity contribution in [3.63, 3.8) is 0 Å². The molecule has 0 bridgehead atoms. The second kappa shape index (κ2) is 9.90. The van der Waals surface area contributed by atoms with Gasteiger partial charge in [-0.2, -0.15) is 0 Å². The predicted octanol–water partition coefficient (Wildman–Crippen LogP) is 5.02. The van der Waals surface area contributed by atoms with Crippen molar-refractivity contribution in [1.82, 2.24) is 0 Å². The molecule has 0 aliphatic carbocycles. The van der Waals surface area contributed by atoms with Gasteiger partial charge in [-0.25, -0.2) is 0 Å². The third-order valence-corrected chi connectivity index (χ3v) is 3.49. The van der Waals surface area contributed by atoms with Gasteiger partial charge in [-0.3, -0.25) is 0 Å². The summed E-state index contributed by atoms with van der Waals surface area (Å²) in [7, 11) is 0. The largest absolute Gasteiger partial charge is 0.0623 e. The van der Waals surface area contributed by atoms with E-state index in [2.05, 4.69) is 61.9 Å². The van der Waals surface area contributed by atoms with E-state index in [1.54, 1.807) is 0 Å². The molecule has 0 radical (unpaired) electrons. The van der Waals surface area contributed by atoms with E-state index in [1.165, 1.54) is 18.4 Å². The molecule has 2 unspecified atom stereocenters. The van der Waals surface area contributed by atoms with Crippen LogP contribution in [0, 0.1) is 5.92 Å². The quantitative estimate of drug-likeness (QED) is 0.664. The molecule has 0 aliphatic rings. The molecule has 0 aromatic heterocycles. The van der Waals surface area contributed by atoms with Gasteiger partial charge in [0.1, 0.15) is 0 Å². The molecular formula is C18H23Li. The summed E-state index contributed by atoms with van der Waals surface area (Å²) in [5.74, 6) is 0.843. The van der Waals surface area contributed by atoms with Crippen molar-refractivity contribution in [2.45, 2.75) is 31.3 Å². The molecular weight excluding hydrogens is 223 g/mol. The molecule has 0 N–H and O–H groups in total. The number of hydrogen-bond acceptors (Lipinski definition) is 0. The fraction of sp³-hybridized carbons (Fsp3) is 0.333. The average Bonchev–Trinajstić information content (AvgIpc) is 2.50. The Balaban J connectivity index is 0.000000250. The van der Waals surface area contributed by atoms with E-state index in [0.29, 0.717) is 4.59 Å². The molecule has 2 rings (SSSR count). The minimum Gasteiger partial charge on any atom is -0.0623 e. The van der Waals surface area contributed by atoms with Crippen LogP contribution < -0.4 is 0 Å². The monoisotopic (exact) mass is 246 g/mol. The Hall–Kier alpha value is -0.963. The van der Waals surface area contributed by atoms with Crippen LogP contribution >= 0.6 is 0 Å². The van der Waals surface area contributed by atoms with Crippen molar-refractivity contribution < 1.29 is 0 Å². The van der Waals surface area contributed by atoms with E-state index in [-0.39, 0.29) is 0 Å². The summed E-state index contributed by atoms with van der Waals surface area (Å²) >= 11 is 2.32. The van der Waals surface area contributed by atoms with Gasteiger partial charge >= 0.3 is 90.8 Å². The third kappa shape index (κ3) is 7.26. The van der Waals surface area contributed by atoms with Crippen LogP contribution in [0.15, 0.2) is 66.7 Å². The maximum Gasteiger partial charge on any atom is -0.0623 e. The van der Waals surface area contributed by atoms with Crippen LogP contribution in [0.1, 0.15) is 36.8 Å². The van der Waals surface area contributed by atoms with Crippen molar-refractivity contribution in [3.05, 3.63) is 72.3 Å². The Morgan fingerprint density at radius 3 is 1.68 bits per heavy atom. The molecule has 0 saturated carbocycles. The van der Waals surface area contributed by atoms with Gasteiger partial charge in [0.2, 0.25) is 0 Å². The van der Waals surface area contributed by atoms with E-state index in [4.69, 9.17) is 0 Å². The average molecular weight is 246 g/mol. The second-order valence-corrected chi connectivity index (χ2v) is 5.22. The zero-order chi connectivity index (χ0) is 13.9. The summed E-state index contributed by atoms with van der Waals surface area (Å²) in [5, 5.41) is 0. The van der Waals surface area contributed by atoms with Gasteiger partial charge in [-0.15, -0.1) is 0 Å². The van der Waals surface area contributed by atoms with Crippen molar-refractivity contribution >= 4 is 17.7 Å². The van der Waals surface area contributed by atoms with Crippen molar-refractivity contribution in [3.8, 4) is 0 Å². The third-order valence-electron chi connectivity index (χ3n) is 3.49. The first-order valence-electron chi connectivity index (χ1n) is 7.29. The van der Waals surface area contributed by atoms with E-state index in [9.17, 15) is 0 Å². The van der Waals surface area contributed by atoms with E-state index in [0.717, 1.165) is 5.92 Å². The number of rotatable bonds is 4. The molecule has 0 aliphatic heterocycles. The van der Waals surface area contributed by atoms with Crippen LogP contribution in [0.5, 0.6) is 0 Å². The van der Waals surface area contributed by atoms with Crippen LogP contribution in [-0.2, 0) is 0 Å². The van der Waals surface area contributed by atoms with E-state index >= 15 is 0 Å². The SMILES string of the molecule is [Li][CH](CC(C)CC)c1ccccc1.c1ccccc1. The summed E-state index contributed by atoms with van der Waals surface area (Å²) < 4.78 is 0.705. The van der Waals surface area contributed by atoms with Crippen LogP contribution in [0.3, 0.4) is 0 Å². The first-order valence-corrected chi connectivity index (χ1v) is 7.29. The molecule has 2 aromatic rings. The summed E-state index contributed by atoms with van der Waals surface area (Å²) in [6, 6.07) is 22.8. The number of hydrogen-bond donors (Lipinski definition) is 0. The van der Waals surface area contributed by atoms with Gasteiger partial charge in [-0.05, 0) is 0 Å². The number of benzene rings is 2. The van der Waals surface area contributed by atoms with E-state index < -0.39 is 0 Å². The minimum absolute atomic E-state index is 0.705. The Kier molecular flexibility index (Phi) is 8.39. The molecule has 19 heavy (non-hydrogen) atoms. The second-order valence-electron chi connectivity index (χ2n) is 5.22. The summed E-state index contributed by atoms with van der Waals surface area (Å²) in [6.45, 7) is 4.60. The van der Waals surface area contributed by atoms with Gasteiger partial charge in [0.25, 0.3) is 0 Å². The van der Waals surface area contributed by atoms with Gasteiger partial charge in [0, 0.05) is 0 Å². The summed E-state index contributed by atoms with van der Waals surface area (Å²) in [6.07, 6.45) is 2.59. The zero-order valence-corrected chi connectivity index (χ0v) is 12.4. The first-order chi connectivity index (χ1) is 9.24. The molecule has 1 heteroatoms. The van der Waals surface area contributed by atoms with Crippen LogP contribution in [0.25, 0.3) is 0 Å². The smallest absolute Gasteiger partial charge is 0.0623 e. The standard InChI is InChI=1S/C12H17.C6H6.Li/c1-3-11(2)9-10-12-7-5-4-6-8-12;1-2-4-6-5-3-1;/h4-8,10-11H,3,9H2,1-2H3;1-6H;. The summed E-state index contributed by atoms with van der Waals surface area (Å²) in [5.41, 5.74) is 1.47. The summed E-state index contributed by atoms with van der Waals surface area (Å²) in [4.78, 5) is 0. The zero-order valence-electron chi connectivity index (χ0n) is 12.4. The Bertz CT molecular complexity index is 384. The molecule has 0 fully saturated rings. The normalized spacial score (nSPS) is 13.1. The fourth-order valence-electron chi connectivity index (χ4n) is 2.07. The molecule has 0 spiro atoms. The van der Waals surface area contributed by atoms with Crippen molar-refractivity contribution in [1.29, 1.82) is 0 Å². The molecule has 96 valence electrons. The Labute approximate surface area is 127 Å². The molecule has 0 nitrogen and oxygen atoms in total. The molecule has 0 saturated heterocycles. The molecule has 0 heterocycles. The van der Waals surface area contributed by atoms with Gasteiger partial charge in [0.05, 0.1) is 0 Å². The minimum atomic E-state index is 0.705. The van der Waals surface area contributed by atoms with Crippen molar-refractivity contribution in [2.24, 2.45) is 5.92 Å². The Morgan fingerprint density at radius 2 is 1.26 bits per heavy atom. The maximum atomic E-state index is 2.33. The molecule has 2 atom stereocenters. The molecule has 0 amide bonds. The van der Waals surface area contributed by atoms with Crippen LogP contribution in [0.4, 0.5) is 0 Å². The van der Waals surface area contributed by atoms with Crippen LogP contribution in [-0.4, -0.2) is 17.7 Å². The predicted molar refractivity (Wildman–Crippen MR) is 85.5 cm³/mol.